The fraction of sp³-hybridized carbons (Fsp3) is 0.318. The second-order valence-corrected chi connectivity index (χ2v) is 7.37. The number of nitrogens with one attached hydrogen (secondary N) is 1. The predicted molar refractivity (Wildman–Crippen MR) is 109 cm³/mol. The maximum absolute atomic E-state index is 11.7. The van der Waals surface area contributed by atoms with Gasteiger partial charge in [0, 0.05) is 30.4 Å². The number of rotatable bonds is 4. The highest BCUT2D eigenvalue weighted by atomic mass is 16.4. The largest absolute Gasteiger partial charge is 0.418 e. The molecule has 0 saturated heterocycles. The lowest BCUT2D eigenvalue weighted by Gasteiger charge is -2.16. The fourth-order valence-electron chi connectivity index (χ4n) is 3.53. The van der Waals surface area contributed by atoms with E-state index in [1.807, 2.05) is 30.0 Å². The number of carbonyl (C=O) groups is 1. The molecule has 1 atom stereocenters. The van der Waals surface area contributed by atoms with Crippen LogP contribution >= 0.6 is 0 Å². The van der Waals surface area contributed by atoms with Crippen molar-refractivity contribution < 1.29 is 9.21 Å². The van der Waals surface area contributed by atoms with Crippen molar-refractivity contribution in [2.75, 3.05) is 16.8 Å². The quantitative estimate of drug-likeness (QED) is 0.729. The van der Waals surface area contributed by atoms with Crippen molar-refractivity contribution in [1.82, 2.24) is 10.2 Å². The van der Waals surface area contributed by atoms with Crippen LogP contribution in [0.3, 0.4) is 0 Å². The molecule has 0 saturated carbocycles. The normalized spacial score (nSPS) is 14.1. The third-order valence-corrected chi connectivity index (χ3v) is 5.30. The third-order valence-electron chi connectivity index (χ3n) is 5.30. The molecule has 28 heavy (non-hydrogen) atoms. The summed E-state index contributed by atoms with van der Waals surface area (Å²) in [5, 5.41) is 11.8. The third kappa shape index (κ3) is 3.38. The van der Waals surface area contributed by atoms with Gasteiger partial charge in [0.2, 0.25) is 17.7 Å². The van der Waals surface area contributed by atoms with Crippen LogP contribution in [0.1, 0.15) is 42.5 Å². The van der Waals surface area contributed by atoms with Gasteiger partial charge in [0.15, 0.2) is 0 Å². The Bertz CT molecular complexity index is 1040. The maximum Gasteiger partial charge on any atom is 0.247 e. The summed E-state index contributed by atoms with van der Waals surface area (Å²) in [7, 11) is 0. The van der Waals surface area contributed by atoms with E-state index >= 15 is 0 Å². The Hall–Kier alpha value is -3.15. The SMILES string of the molecule is CC(=O)N1CCc2cc(N[C@H](C)c3nnc(-c4ccc(C)c(C)c4)o3)ccc21. The van der Waals surface area contributed by atoms with E-state index in [1.54, 1.807) is 6.92 Å². The second kappa shape index (κ2) is 7.11. The molecular formula is C22H24N4O2. The molecule has 2 heterocycles. The summed E-state index contributed by atoms with van der Waals surface area (Å²) >= 11 is 0. The highest BCUT2D eigenvalue weighted by Gasteiger charge is 2.23. The standard InChI is InChI=1S/C22H24N4O2/c1-13-5-6-18(11-14(13)2)22-25-24-21(28-22)15(3)23-19-7-8-20-17(12-19)9-10-26(20)16(4)27/h5-8,11-12,15,23H,9-10H2,1-4H3/t15-/m1/s1. The molecule has 0 aliphatic carbocycles. The van der Waals surface area contributed by atoms with Crippen molar-refractivity contribution in [3.05, 3.63) is 59.0 Å². The summed E-state index contributed by atoms with van der Waals surface area (Å²) in [4.78, 5) is 13.5. The van der Waals surface area contributed by atoms with Gasteiger partial charge in [-0.1, -0.05) is 6.07 Å². The van der Waals surface area contributed by atoms with Gasteiger partial charge in [-0.3, -0.25) is 4.79 Å². The lowest BCUT2D eigenvalue weighted by atomic mass is 10.1. The smallest absolute Gasteiger partial charge is 0.247 e. The summed E-state index contributed by atoms with van der Waals surface area (Å²) in [5.41, 5.74) is 6.51. The lowest BCUT2D eigenvalue weighted by molar-refractivity contribution is -0.116. The van der Waals surface area contributed by atoms with Gasteiger partial charge in [0.1, 0.15) is 6.04 Å². The van der Waals surface area contributed by atoms with Crippen LogP contribution in [0.4, 0.5) is 11.4 Å². The summed E-state index contributed by atoms with van der Waals surface area (Å²) in [5.74, 6) is 1.15. The predicted octanol–water partition coefficient (Wildman–Crippen LogP) is 4.44. The van der Waals surface area contributed by atoms with Crippen molar-refractivity contribution in [2.24, 2.45) is 0 Å². The van der Waals surface area contributed by atoms with Gasteiger partial charge in [-0.15, -0.1) is 10.2 Å². The topological polar surface area (TPSA) is 71.3 Å². The minimum Gasteiger partial charge on any atom is -0.418 e. The molecule has 2 aromatic carbocycles. The van der Waals surface area contributed by atoms with Crippen LogP contribution in [0.2, 0.25) is 0 Å². The van der Waals surface area contributed by atoms with Crippen LogP contribution < -0.4 is 10.2 Å². The summed E-state index contributed by atoms with van der Waals surface area (Å²) in [6.07, 6.45) is 0.871. The number of carbonyl (C=O) groups excluding carboxylic acids is 1. The van der Waals surface area contributed by atoms with Gasteiger partial charge in [-0.2, -0.15) is 0 Å². The molecule has 1 aromatic heterocycles. The molecule has 144 valence electrons. The number of hydrogen-bond donors (Lipinski definition) is 1. The lowest BCUT2D eigenvalue weighted by Crippen LogP contribution is -2.25. The van der Waals surface area contributed by atoms with Gasteiger partial charge in [0.25, 0.3) is 0 Å². The summed E-state index contributed by atoms with van der Waals surface area (Å²) < 4.78 is 5.90. The zero-order valence-corrected chi connectivity index (χ0v) is 16.6. The van der Waals surface area contributed by atoms with E-state index in [9.17, 15) is 4.79 Å². The number of aryl methyl sites for hydroxylation is 2. The zero-order chi connectivity index (χ0) is 19.8. The molecular weight excluding hydrogens is 352 g/mol. The first kappa shape index (κ1) is 18.2. The Labute approximate surface area is 164 Å². The molecule has 1 aliphatic rings. The van der Waals surface area contributed by atoms with Gasteiger partial charge in [-0.05, 0) is 74.2 Å². The van der Waals surface area contributed by atoms with E-state index in [1.165, 1.54) is 16.7 Å². The Morgan fingerprint density at radius 3 is 2.71 bits per heavy atom. The Balaban J connectivity index is 1.50. The van der Waals surface area contributed by atoms with E-state index in [0.29, 0.717) is 11.8 Å². The van der Waals surface area contributed by atoms with Crippen LogP contribution in [-0.2, 0) is 11.2 Å². The molecule has 0 fully saturated rings. The number of aromatic nitrogens is 2. The number of anilines is 2. The minimum atomic E-state index is -0.129. The van der Waals surface area contributed by atoms with Crippen molar-refractivity contribution >= 4 is 17.3 Å². The van der Waals surface area contributed by atoms with Crippen molar-refractivity contribution in [3.8, 4) is 11.5 Å². The summed E-state index contributed by atoms with van der Waals surface area (Å²) in [6.45, 7) is 8.49. The fourth-order valence-corrected chi connectivity index (χ4v) is 3.53. The number of fused-ring (bicyclic) bond motifs is 1. The van der Waals surface area contributed by atoms with E-state index in [4.69, 9.17) is 4.42 Å². The van der Waals surface area contributed by atoms with Crippen LogP contribution in [0.5, 0.6) is 0 Å². The van der Waals surface area contributed by atoms with E-state index in [-0.39, 0.29) is 11.9 Å². The van der Waals surface area contributed by atoms with E-state index in [0.717, 1.165) is 29.9 Å². The number of nitrogens with zero attached hydrogens (tertiary/aromatic N) is 3. The van der Waals surface area contributed by atoms with Crippen LogP contribution in [0, 0.1) is 13.8 Å². The molecule has 1 aliphatic heterocycles. The Morgan fingerprint density at radius 2 is 1.96 bits per heavy atom. The number of benzene rings is 2. The van der Waals surface area contributed by atoms with Crippen molar-refractivity contribution in [1.29, 1.82) is 0 Å². The monoisotopic (exact) mass is 376 g/mol. The van der Waals surface area contributed by atoms with Crippen molar-refractivity contribution in [2.45, 2.75) is 40.2 Å². The Kier molecular flexibility index (Phi) is 4.63. The van der Waals surface area contributed by atoms with Crippen LogP contribution in [-0.4, -0.2) is 22.6 Å². The molecule has 0 spiro atoms. The molecule has 0 bridgehead atoms. The molecule has 1 amide bonds. The number of amides is 1. The summed E-state index contributed by atoms with van der Waals surface area (Å²) in [6, 6.07) is 12.1. The maximum atomic E-state index is 11.7. The van der Waals surface area contributed by atoms with Crippen LogP contribution in [0.25, 0.3) is 11.5 Å². The average molecular weight is 376 g/mol. The molecule has 6 heteroatoms. The molecule has 0 radical (unpaired) electrons. The highest BCUT2D eigenvalue weighted by molar-refractivity contribution is 5.94. The van der Waals surface area contributed by atoms with Crippen LogP contribution in [0.15, 0.2) is 40.8 Å². The molecule has 4 rings (SSSR count). The van der Waals surface area contributed by atoms with Gasteiger partial charge < -0.3 is 14.6 Å². The van der Waals surface area contributed by atoms with E-state index in [2.05, 4.69) is 47.6 Å². The molecule has 0 unspecified atom stereocenters. The van der Waals surface area contributed by atoms with Gasteiger partial charge >= 0.3 is 0 Å². The molecule has 1 N–H and O–H groups in total. The molecule has 6 nitrogen and oxygen atoms in total. The zero-order valence-electron chi connectivity index (χ0n) is 16.6. The highest BCUT2D eigenvalue weighted by Crippen LogP contribution is 2.32. The van der Waals surface area contributed by atoms with Gasteiger partial charge in [-0.25, -0.2) is 0 Å². The second-order valence-electron chi connectivity index (χ2n) is 7.37. The van der Waals surface area contributed by atoms with Crippen molar-refractivity contribution in [3.63, 3.8) is 0 Å². The van der Waals surface area contributed by atoms with Gasteiger partial charge in [0.05, 0.1) is 0 Å². The first-order valence-corrected chi connectivity index (χ1v) is 9.51. The molecule has 3 aromatic rings. The number of hydrogen-bond acceptors (Lipinski definition) is 5. The minimum absolute atomic E-state index is 0.0811. The van der Waals surface area contributed by atoms with E-state index < -0.39 is 0 Å². The average Bonchev–Trinajstić information content (AvgIpc) is 3.31. The first-order chi connectivity index (χ1) is 13.4. The first-order valence-electron chi connectivity index (χ1n) is 9.51. The Morgan fingerprint density at radius 1 is 1.14 bits per heavy atom.